The number of pyridine rings is 1. The van der Waals surface area contributed by atoms with Gasteiger partial charge in [-0.2, -0.15) is 0 Å². The van der Waals surface area contributed by atoms with Crippen molar-refractivity contribution in [3.63, 3.8) is 0 Å². The van der Waals surface area contributed by atoms with Crippen LogP contribution in [0.3, 0.4) is 0 Å². The van der Waals surface area contributed by atoms with Crippen molar-refractivity contribution >= 4 is 0 Å². The molecule has 0 amide bonds. The number of nitrogens with zero attached hydrogens (tertiary/aromatic N) is 1. The van der Waals surface area contributed by atoms with Gasteiger partial charge in [-0.1, -0.05) is 6.07 Å². The Labute approximate surface area is 206 Å². The number of benzene rings is 2. The number of fused-ring (bicyclic) bond motifs is 3. The van der Waals surface area contributed by atoms with Crippen molar-refractivity contribution in [2.75, 3.05) is 6.61 Å². The quantitative estimate of drug-likeness (QED) is 0.330. The maximum Gasteiger partial charge on any atom is 0.264 e. The Balaban J connectivity index is 1.36. The molecule has 0 bridgehead atoms. The van der Waals surface area contributed by atoms with Crippen LogP contribution in [-0.2, 0) is 13.0 Å². The minimum absolute atomic E-state index is 0.00828. The van der Waals surface area contributed by atoms with Gasteiger partial charge in [0.25, 0.3) is 6.43 Å². The Bertz CT molecular complexity index is 1290. The molecule has 190 valence electrons. The van der Waals surface area contributed by atoms with Gasteiger partial charge in [0.1, 0.15) is 12.4 Å². The first-order valence-corrected chi connectivity index (χ1v) is 12.0. The lowest BCUT2D eigenvalue weighted by molar-refractivity contribution is 0.0547. The second-order valence-electron chi connectivity index (χ2n) is 10.2. The highest BCUT2D eigenvalue weighted by atomic mass is 19.3. The van der Waals surface area contributed by atoms with Crippen molar-refractivity contribution < 1.29 is 32.1 Å². The fraction of sp³-hybridized carbons (Fsp3) is 0.393. The summed E-state index contributed by atoms with van der Waals surface area (Å²) in [5.41, 5.74) is 1.16. The second kappa shape index (κ2) is 9.39. The number of rotatable bonds is 9. The fourth-order valence-electron chi connectivity index (χ4n) is 4.73. The van der Waals surface area contributed by atoms with E-state index in [1.54, 1.807) is 20.0 Å². The molecule has 2 aliphatic carbocycles. The van der Waals surface area contributed by atoms with Crippen LogP contribution in [0, 0.1) is 17.6 Å². The maximum atomic E-state index is 14.7. The summed E-state index contributed by atoms with van der Waals surface area (Å²) in [6, 6.07) is 7.76. The van der Waals surface area contributed by atoms with E-state index < -0.39 is 29.2 Å². The van der Waals surface area contributed by atoms with Gasteiger partial charge < -0.3 is 14.6 Å². The third kappa shape index (κ3) is 5.19. The number of hydrogen-bond acceptors (Lipinski definition) is 4. The molecular formula is C28H27F4NO3. The first kappa shape index (κ1) is 24.6. The summed E-state index contributed by atoms with van der Waals surface area (Å²) in [5.74, 6) is 0.00870. The normalized spacial score (nSPS) is 18.2. The molecular weight excluding hydrogens is 474 g/mol. The highest BCUT2D eigenvalue weighted by Crippen LogP contribution is 2.56. The van der Waals surface area contributed by atoms with E-state index in [9.17, 15) is 22.7 Å². The summed E-state index contributed by atoms with van der Waals surface area (Å²) >= 11 is 0. The fourth-order valence-corrected chi connectivity index (χ4v) is 4.73. The monoisotopic (exact) mass is 501 g/mol. The van der Waals surface area contributed by atoms with Gasteiger partial charge in [-0.05, 0) is 85.0 Å². The van der Waals surface area contributed by atoms with Gasteiger partial charge in [-0.15, -0.1) is 0 Å². The Morgan fingerprint density at radius 3 is 2.61 bits per heavy atom. The molecule has 1 fully saturated rings. The smallest absolute Gasteiger partial charge is 0.264 e. The van der Waals surface area contributed by atoms with Gasteiger partial charge in [-0.3, -0.25) is 0 Å². The van der Waals surface area contributed by atoms with Crippen LogP contribution in [0.5, 0.6) is 11.6 Å². The molecule has 36 heavy (non-hydrogen) atoms. The van der Waals surface area contributed by atoms with Gasteiger partial charge >= 0.3 is 0 Å². The van der Waals surface area contributed by atoms with Crippen LogP contribution in [0.25, 0.3) is 11.1 Å². The zero-order valence-electron chi connectivity index (χ0n) is 20.0. The SMILES string of the molecule is CC(C)(O)CCOc1ccc(-c2cc(COc3cc4c(cn3)C3CC3C4)c(F)cc2C(F)F)cc1F. The lowest BCUT2D eigenvalue weighted by Crippen LogP contribution is -2.21. The Hall–Kier alpha value is -3.13. The van der Waals surface area contributed by atoms with Gasteiger partial charge in [0.05, 0.1) is 12.2 Å². The molecule has 8 heteroatoms. The van der Waals surface area contributed by atoms with Crippen molar-refractivity contribution in [2.45, 2.75) is 57.7 Å². The van der Waals surface area contributed by atoms with E-state index in [0.717, 1.165) is 18.6 Å². The van der Waals surface area contributed by atoms with Crippen LogP contribution >= 0.6 is 0 Å². The molecule has 2 atom stereocenters. The van der Waals surface area contributed by atoms with Crippen LogP contribution in [-0.4, -0.2) is 22.3 Å². The van der Waals surface area contributed by atoms with Crippen molar-refractivity contribution in [3.05, 3.63) is 76.5 Å². The highest BCUT2D eigenvalue weighted by Gasteiger charge is 2.45. The molecule has 0 aliphatic heterocycles. The van der Waals surface area contributed by atoms with Gasteiger partial charge in [0.15, 0.2) is 11.6 Å². The molecule has 1 heterocycles. The van der Waals surface area contributed by atoms with Crippen LogP contribution in [0.15, 0.2) is 42.6 Å². The summed E-state index contributed by atoms with van der Waals surface area (Å²) in [5, 5.41) is 9.77. The Morgan fingerprint density at radius 2 is 1.89 bits per heavy atom. The van der Waals surface area contributed by atoms with E-state index in [-0.39, 0.29) is 42.1 Å². The molecule has 5 rings (SSSR count). The summed E-state index contributed by atoms with van der Waals surface area (Å²) in [7, 11) is 0. The minimum atomic E-state index is -2.96. The Morgan fingerprint density at radius 1 is 1.08 bits per heavy atom. The van der Waals surface area contributed by atoms with Crippen LogP contribution in [0.4, 0.5) is 17.6 Å². The van der Waals surface area contributed by atoms with Gasteiger partial charge in [0, 0.05) is 29.8 Å². The van der Waals surface area contributed by atoms with Crippen LogP contribution in [0.1, 0.15) is 61.3 Å². The average Bonchev–Trinajstić information content (AvgIpc) is 3.49. The van der Waals surface area contributed by atoms with Gasteiger partial charge in [-0.25, -0.2) is 22.5 Å². The van der Waals surface area contributed by atoms with Crippen LogP contribution in [0.2, 0.25) is 0 Å². The molecule has 1 saturated carbocycles. The van der Waals surface area contributed by atoms with Crippen molar-refractivity contribution in [2.24, 2.45) is 5.92 Å². The van der Waals surface area contributed by atoms with E-state index in [1.807, 2.05) is 6.07 Å². The lowest BCUT2D eigenvalue weighted by Gasteiger charge is -2.18. The number of ether oxygens (including phenoxy) is 2. The molecule has 0 spiro atoms. The molecule has 3 aromatic rings. The Kier molecular flexibility index (Phi) is 6.41. The zero-order chi connectivity index (χ0) is 25.6. The molecule has 1 N–H and O–H groups in total. The first-order chi connectivity index (χ1) is 17.1. The standard InChI is InChI=1S/C28H27F4NO3/c1-28(2,34)5-6-35-25-4-3-15(10-24(25)30)19-9-18(23(29)12-21(19)27(31)32)14-36-26-11-17-7-16-8-20(16)22(17)13-33-26/h3-4,9-13,16,20,27,34H,5-8,14H2,1-2H3. The van der Waals surface area contributed by atoms with E-state index in [2.05, 4.69) is 4.98 Å². The lowest BCUT2D eigenvalue weighted by atomic mass is 9.96. The summed E-state index contributed by atoms with van der Waals surface area (Å²) in [6.45, 7) is 3.10. The van der Waals surface area contributed by atoms with Gasteiger partial charge in [0.2, 0.25) is 5.88 Å². The average molecular weight is 502 g/mol. The summed E-state index contributed by atoms with van der Waals surface area (Å²) in [6.07, 6.45) is 1.32. The topological polar surface area (TPSA) is 51.6 Å². The second-order valence-corrected chi connectivity index (χ2v) is 10.2. The molecule has 2 unspecified atom stereocenters. The number of aliphatic hydroxyl groups is 1. The van der Waals surface area contributed by atoms with Crippen molar-refractivity contribution in [1.82, 2.24) is 4.98 Å². The molecule has 1 aromatic heterocycles. The summed E-state index contributed by atoms with van der Waals surface area (Å²) < 4.78 is 68.0. The number of aromatic nitrogens is 1. The third-order valence-corrected chi connectivity index (χ3v) is 6.85. The zero-order valence-corrected chi connectivity index (χ0v) is 20.0. The number of alkyl halides is 2. The predicted molar refractivity (Wildman–Crippen MR) is 126 cm³/mol. The molecule has 4 nitrogen and oxygen atoms in total. The molecule has 2 aromatic carbocycles. The van der Waals surface area contributed by atoms with E-state index >= 15 is 0 Å². The summed E-state index contributed by atoms with van der Waals surface area (Å²) in [4.78, 5) is 4.32. The number of halogens is 4. The third-order valence-electron chi connectivity index (χ3n) is 6.85. The molecule has 2 aliphatic rings. The predicted octanol–water partition coefficient (Wildman–Crippen LogP) is 6.74. The van der Waals surface area contributed by atoms with E-state index in [1.165, 1.54) is 35.7 Å². The van der Waals surface area contributed by atoms with Crippen molar-refractivity contribution in [1.29, 1.82) is 0 Å². The van der Waals surface area contributed by atoms with E-state index in [0.29, 0.717) is 17.7 Å². The highest BCUT2D eigenvalue weighted by molar-refractivity contribution is 5.69. The van der Waals surface area contributed by atoms with Crippen molar-refractivity contribution in [3.8, 4) is 22.8 Å². The maximum absolute atomic E-state index is 14.7. The van der Waals surface area contributed by atoms with E-state index in [4.69, 9.17) is 9.47 Å². The molecule has 0 saturated heterocycles. The first-order valence-electron chi connectivity index (χ1n) is 12.0. The van der Waals surface area contributed by atoms with Crippen LogP contribution < -0.4 is 9.47 Å². The largest absolute Gasteiger partial charge is 0.490 e. The molecule has 0 radical (unpaired) electrons. The minimum Gasteiger partial charge on any atom is -0.490 e. The number of hydrogen-bond donors (Lipinski definition) is 1.